The van der Waals surface area contributed by atoms with E-state index in [4.69, 9.17) is 23.2 Å². The van der Waals surface area contributed by atoms with Crippen LogP contribution in [-0.2, 0) is 16.4 Å². The molecule has 0 fully saturated rings. The number of rotatable bonds is 4. The second-order valence-corrected chi connectivity index (χ2v) is 9.50. The number of aromatic amines is 1. The maximum Gasteiger partial charge on any atom is 0.244 e. The van der Waals surface area contributed by atoms with Crippen LogP contribution in [0.5, 0.6) is 0 Å². The number of sulfonamides is 1. The normalized spacial score (nSPS) is 20.1. The molecule has 4 rings (SSSR count). The summed E-state index contributed by atoms with van der Waals surface area (Å²) in [6, 6.07) is 12.9. The number of hydrogen-bond acceptors (Lipinski definition) is 3. The standard InChI is InChI=1S/C20H19Cl2N3O2S/c1-2-19-17-12-23-24-18(17)11-20(13-3-5-14(21)6-4-13)25(19)28(26,27)16-9-7-15(22)8-10-16/h3-10,12,19-20H,2,11H2,1H3,(H,23,24)/t19-,20-/m1/s1. The van der Waals surface area contributed by atoms with Gasteiger partial charge >= 0.3 is 0 Å². The molecule has 1 N–H and O–H groups in total. The highest BCUT2D eigenvalue weighted by Gasteiger charge is 2.43. The number of halogens is 2. The van der Waals surface area contributed by atoms with Crippen molar-refractivity contribution in [2.45, 2.75) is 36.7 Å². The molecular weight excluding hydrogens is 417 g/mol. The molecule has 1 aliphatic heterocycles. The van der Waals surface area contributed by atoms with Crippen LogP contribution in [0.25, 0.3) is 0 Å². The van der Waals surface area contributed by atoms with E-state index in [1.165, 1.54) is 0 Å². The summed E-state index contributed by atoms with van der Waals surface area (Å²) in [5.41, 5.74) is 2.78. The van der Waals surface area contributed by atoms with Gasteiger partial charge in [-0.15, -0.1) is 0 Å². The van der Waals surface area contributed by atoms with Gasteiger partial charge in [0.1, 0.15) is 0 Å². The molecule has 0 aliphatic carbocycles. The van der Waals surface area contributed by atoms with Gasteiger partial charge < -0.3 is 0 Å². The minimum Gasteiger partial charge on any atom is -0.282 e. The van der Waals surface area contributed by atoms with Gasteiger partial charge in [-0.25, -0.2) is 8.42 Å². The Morgan fingerprint density at radius 3 is 2.29 bits per heavy atom. The van der Waals surface area contributed by atoms with Gasteiger partial charge in [0.05, 0.1) is 23.2 Å². The number of benzene rings is 2. The third kappa shape index (κ3) is 3.35. The molecule has 0 bridgehead atoms. The van der Waals surface area contributed by atoms with Gasteiger partial charge in [-0.1, -0.05) is 42.3 Å². The van der Waals surface area contributed by atoms with E-state index in [0.717, 1.165) is 16.8 Å². The Balaban J connectivity index is 1.88. The van der Waals surface area contributed by atoms with E-state index in [0.29, 0.717) is 22.9 Å². The maximum absolute atomic E-state index is 13.7. The van der Waals surface area contributed by atoms with Gasteiger partial charge in [0, 0.05) is 27.7 Å². The zero-order valence-electron chi connectivity index (χ0n) is 15.1. The van der Waals surface area contributed by atoms with Crippen molar-refractivity contribution in [3.8, 4) is 0 Å². The average Bonchev–Trinajstić information content (AvgIpc) is 3.16. The van der Waals surface area contributed by atoms with Crippen LogP contribution >= 0.6 is 23.2 Å². The zero-order chi connectivity index (χ0) is 19.9. The Kier molecular flexibility index (Phi) is 5.22. The molecule has 146 valence electrons. The lowest BCUT2D eigenvalue weighted by Crippen LogP contribution is -2.42. The van der Waals surface area contributed by atoms with Crippen molar-refractivity contribution in [2.24, 2.45) is 0 Å². The molecule has 2 heterocycles. The van der Waals surface area contributed by atoms with Crippen LogP contribution in [0.4, 0.5) is 0 Å². The molecule has 2 aromatic carbocycles. The molecule has 0 saturated heterocycles. The van der Waals surface area contributed by atoms with Crippen molar-refractivity contribution < 1.29 is 8.42 Å². The van der Waals surface area contributed by atoms with Gasteiger partial charge in [-0.05, 0) is 48.4 Å². The molecule has 0 saturated carbocycles. The van der Waals surface area contributed by atoms with Crippen LogP contribution in [0.1, 0.15) is 42.2 Å². The van der Waals surface area contributed by atoms with Crippen molar-refractivity contribution >= 4 is 33.2 Å². The van der Waals surface area contributed by atoms with Crippen molar-refractivity contribution in [3.05, 3.63) is 81.6 Å². The summed E-state index contributed by atoms with van der Waals surface area (Å²) in [6.07, 6.45) is 2.87. The van der Waals surface area contributed by atoms with E-state index in [2.05, 4.69) is 10.2 Å². The first-order chi connectivity index (χ1) is 13.4. The van der Waals surface area contributed by atoms with E-state index in [9.17, 15) is 8.42 Å². The lowest BCUT2D eigenvalue weighted by atomic mass is 9.91. The zero-order valence-corrected chi connectivity index (χ0v) is 17.5. The Morgan fingerprint density at radius 1 is 1.07 bits per heavy atom. The topological polar surface area (TPSA) is 66.1 Å². The summed E-state index contributed by atoms with van der Waals surface area (Å²) in [6.45, 7) is 1.98. The minimum atomic E-state index is -3.77. The molecule has 1 aliphatic rings. The molecule has 28 heavy (non-hydrogen) atoms. The quantitative estimate of drug-likeness (QED) is 0.615. The summed E-state index contributed by atoms with van der Waals surface area (Å²) >= 11 is 12.0. The molecule has 2 atom stereocenters. The van der Waals surface area contributed by atoms with Gasteiger partial charge in [-0.3, -0.25) is 5.10 Å². The second kappa shape index (κ2) is 7.52. The van der Waals surface area contributed by atoms with E-state index in [-0.39, 0.29) is 17.0 Å². The van der Waals surface area contributed by atoms with Crippen molar-refractivity contribution in [3.63, 3.8) is 0 Å². The highest BCUT2D eigenvalue weighted by Crippen LogP contribution is 2.44. The van der Waals surface area contributed by atoms with Crippen LogP contribution < -0.4 is 0 Å². The van der Waals surface area contributed by atoms with Crippen molar-refractivity contribution in [1.82, 2.24) is 14.5 Å². The molecule has 0 spiro atoms. The predicted octanol–water partition coefficient (Wildman–Crippen LogP) is 5.16. The fourth-order valence-corrected chi connectivity index (χ4v) is 5.93. The van der Waals surface area contributed by atoms with Crippen molar-refractivity contribution in [2.75, 3.05) is 0 Å². The van der Waals surface area contributed by atoms with Crippen LogP contribution in [0, 0.1) is 0 Å². The number of H-pyrrole nitrogens is 1. The van der Waals surface area contributed by atoms with Gasteiger partial charge in [0.15, 0.2) is 0 Å². The third-order valence-corrected chi connectivity index (χ3v) is 7.59. The highest BCUT2D eigenvalue weighted by atomic mass is 35.5. The number of fused-ring (bicyclic) bond motifs is 1. The Morgan fingerprint density at radius 2 is 1.68 bits per heavy atom. The van der Waals surface area contributed by atoms with Crippen LogP contribution in [0.3, 0.4) is 0 Å². The molecule has 3 aromatic rings. The van der Waals surface area contributed by atoms with E-state index >= 15 is 0 Å². The molecule has 1 aromatic heterocycles. The largest absolute Gasteiger partial charge is 0.282 e. The Bertz CT molecular complexity index is 1080. The summed E-state index contributed by atoms with van der Waals surface area (Å²) in [4.78, 5) is 0.223. The molecule has 0 radical (unpaired) electrons. The first-order valence-corrected chi connectivity index (χ1v) is 11.2. The fraction of sp³-hybridized carbons (Fsp3) is 0.250. The lowest BCUT2D eigenvalue weighted by Gasteiger charge is -2.40. The summed E-state index contributed by atoms with van der Waals surface area (Å²) in [7, 11) is -3.77. The Labute approximate surface area is 174 Å². The van der Waals surface area contributed by atoms with Crippen molar-refractivity contribution in [1.29, 1.82) is 0 Å². The van der Waals surface area contributed by atoms with E-state index in [1.807, 2.05) is 19.1 Å². The average molecular weight is 436 g/mol. The number of nitrogens with one attached hydrogen (secondary N) is 1. The summed E-state index contributed by atoms with van der Waals surface area (Å²) in [5, 5.41) is 8.31. The molecule has 0 amide bonds. The first-order valence-electron chi connectivity index (χ1n) is 8.98. The minimum absolute atomic E-state index is 0.223. The van der Waals surface area contributed by atoms with Gasteiger partial charge in [0.2, 0.25) is 10.0 Å². The van der Waals surface area contributed by atoms with Crippen LogP contribution in [0.2, 0.25) is 10.0 Å². The Hall–Kier alpha value is -1.86. The number of hydrogen-bond donors (Lipinski definition) is 1. The fourth-order valence-electron chi connectivity index (χ4n) is 3.82. The number of aromatic nitrogens is 2. The molecular formula is C20H19Cl2N3O2S. The third-order valence-electron chi connectivity index (χ3n) is 5.15. The van der Waals surface area contributed by atoms with E-state index < -0.39 is 10.0 Å². The molecule has 0 unspecified atom stereocenters. The SMILES string of the molecule is CC[C@@H]1c2cn[nH]c2C[C@H](c2ccc(Cl)cc2)N1S(=O)(=O)c1ccc(Cl)cc1. The number of nitrogens with zero attached hydrogens (tertiary/aromatic N) is 2. The summed E-state index contributed by atoms with van der Waals surface area (Å²) in [5.74, 6) is 0. The molecule has 8 heteroatoms. The van der Waals surface area contributed by atoms with Gasteiger partial charge in [-0.2, -0.15) is 9.40 Å². The van der Waals surface area contributed by atoms with Crippen LogP contribution in [0.15, 0.2) is 59.6 Å². The second-order valence-electron chi connectivity index (χ2n) is 6.79. The monoisotopic (exact) mass is 435 g/mol. The summed E-state index contributed by atoms with van der Waals surface area (Å²) < 4.78 is 29.0. The first kappa shape index (κ1) is 19.5. The van der Waals surface area contributed by atoms with Crippen LogP contribution in [-0.4, -0.2) is 22.9 Å². The van der Waals surface area contributed by atoms with E-state index in [1.54, 1.807) is 46.9 Å². The maximum atomic E-state index is 13.7. The molecule has 5 nitrogen and oxygen atoms in total. The smallest absolute Gasteiger partial charge is 0.244 e. The van der Waals surface area contributed by atoms with Gasteiger partial charge in [0.25, 0.3) is 0 Å². The predicted molar refractivity (Wildman–Crippen MR) is 110 cm³/mol. The highest BCUT2D eigenvalue weighted by molar-refractivity contribution is 7.89. The lowest BCUT2D eigenvalue weighted by molar-refractivity contribution is 0.224.